The largest absolute Gasteiger partial charge is 0.480 e. The van der Waals surface area contributed by atoms with Crippen LogP contribution in [0, 0.1) is 5.92 Å². The molecule has 1 amide bonds. The van der Waals surface area contributed by atoms with Gasteiger partial charge in [0.1, 0.15) is 6.04 Å². The van der Waals surface area contributed by atoms with E-state index in [0.717, 1.165) is 22.2 Å². The Morgan fingerprint density at radius 2 is 1.95 bits per heavy atom. The van der Waals surface area contributed by atoms with Crippen molar-refractivity contribution in [1.29, 1.82) is 0 Å². The Hall–Kier alpha value is -1.01. The Morgan fingerprint density at radius 3 is 2.45 bits per heavy atom. The van der Waals surface area contributed by atoms with E-state index in [9.17, 15) is 9.59 Å². The third-order valence-corrected chi connectivity index (χ3v) is 4.79. The number of thioether (sulfide) groups is 1. The zero-order valence-corrected chi connectivity index (χ0v) is 13.4. The summed E-state index contributed by atoms with van der Waals surface area (Å²) in [5.74, 6) is -1.07. The van der Waals surface area contributed by atoms with Crippen molar-refractivity contribution in [3.8, 4) is 0 Å². The molecule has 20 heavy (non-hydrogen) atoms. The van der Waals surface area contributed by atoms with Gasteiger partial charge in [0.2, 0.25) is 5.91 Å². The Labute approximate surface area is 130 Å². The van der Waals surface area contributed by atoms with Crippen LogP contribution in [0.3, 0.4) is 0 Å². The van der Waals surface area contributed by atoms with Gasteiger partial charge < -0.3 is 10.4 Å². The van der Waals surface area contributed by atoms with E-state index in [1.54, 1.807) is 6.92 Å². The Kier molecular flexibility index (Phi) is 5.10. The van der Waals surface area contributed by atoms with Gasteiger partial charge in [0.05, 0.1) is 5.25 Å². The number of benzene rings is 1. The van der Waals surface area contributed by atoms with Gasteiger partial charge in [-0.15, -0.1) is 11.8 Å². The number of carbonyl (C=O) groups is 2. The second-order valence-corrected chi connectivity index (χ2v) is 7.21. The first-order valence-electron chi connectivity index (χ1n) is 6.43. The van der Waals surface area contributed by atoms with Crippen LogP contribution in [0.25, 0.3) is 0 Å². The topological polar surface area (TPSA) is 66.4 Å². The number of rotatable bonds is 6. The van der Waals surface area contributed by atoms with Gasteiger partial charge in [0, 0.05) is 9.37 Å². The van der Waals surface area contributed by atoms with Crippen molar-refractivity contribution in [3.05, 3.63) is 28.7 Å². The quantitative estimate of drug-likeness (QED) is 0.768. The van der Waals surface area contributed by atoms with Gasteiger partial charge in [-0.3, -0.25) is 4.79 Å². The van der Waals surface area contributed by atoms with E-state index in [1.807, 2.05) is 24.3 Å². The van der Waals surface area contributed by atoms with Crippen molar-refractivity contribution in [3.63, 3.8) is 0 Å². The maximum absolute atomic E-state index is 12.1. The fraction of sp³-hybridized carbons (Fsp3) is 0.429. The number of nitrogens with one attached hydrogen (secondary N) is 1. The molecular weight excluding hydrogens is 342 g/mol. The molecule has 0 spiro atoms. The zero-order chi connectivity index (χ0) is 14.7. The molecule has 0 aromatic heterocycles. The summed E-state index contributed by atoms with van der Waals surface area (Å²) >= 11 is 4.78. The smallest absolute Gasteiger partial charge is 0.326 e. The third-order valence-electron chi connectivity index (χ3n) is 3.15. The van der Waals surface area contributed by atoms with E-state index in [1.165, 1.54) is 11.8 Å². The second kappa shape index (κ2) is 6.63. The molecule has 0 saturated heterocycles. The summed E-state index contributed by atoms with van der Waals surface area (Å²) in [7, 11) is 0. The monoisotopic (exact) mass is 357 g/mol. The molecule has 2 atom stereocenters. The minimum absolute atomic E-state index is 0.0985. The molecule has 0 radical (unpaired) electrons. The fourth-order valence-corrected chi connectivity index (χ4v) is 2.99. The highest BCUT2D eigenvalue weighted by atomic mass is 79.9. The summed E-state index contributed by atoms with van der Waals surface area (Å²) in [6.45, 7) is 1.79. The van der Waals surface area contributed by atoms with Crippen molar-refractivity contribution in [2.24, 2.45) is 5.92 Å². The highest BCUT2D eigenvalue weighted by Gasteiger charge is 2.37. The van der Waals surface area contributed by atoms with E-state index in [-0.39, 0.29) is 17.1 Å². The van der Waals surface area contributed by atoms with E-state index in [2.05, 4.69) is 21.2 Å². The minimum atomic E-state index is -0.943. The zero-order valence-electron chi connectivity index (χ0n) is 11.0. The molecule has 0 heterocycles. The van der Waals surface area contributed by atoms with Gasteiger partial charge in [-0.25, -0.2) is 4.79 Å². The second-order valence-electron chi connectivity index (χ2n) is 4.88. The van der Waals surface area contributed by atoms with Crippen molar-refractivity contribution in [2.45, 2.75) is 36.0 Å². The van der Waals surface area contributed by atoms with E-state index >= 15 is 0 Å². The van der Waals surface area contributed by atoms with Crippen LogP contribution in [0.15, 0.2) is 33.6 Å². The van der Waals surface area contributed by atoms with Crippen LogP contribution in [0.1, 0.15) is 19.8 Å². The Balaban J connectivity index is 1.91. The summed E-state index contributed by atoms with van der Waals surface area (Å²) in [4.78, 5) is 24.1. The first kappa shape index (κ1) is 15.4. The van der Waals surface area contributed by atoms with Crippen molar-refractivity contribution < 1.29 is 14.7 Å². The molecule has 6 heteroatoms. The first-order valence-corrected chi connectivity index (χ1v) is 8.10. The molecule has 1 fully saturated rings. The normalized spacial score (nSPS) is 17.3. The van der Waals surface area contributed by atoms with Crippen LogP contribution in [0.4, 0.5) is 0 Å². The number of hydrogen-bond acceptors (Lipinski definition) is 3. The summed E-state index contributed by atoms with van der Waals surface area (Å²) in [5.41, 5.74) is 0. The molecular formula is C14H16BrNO3S. The van der Waals surface area contributed by atoms with Gasteiger partial charge in [-0.05, 0) is 49.9 Å². The SMILES string of the molecule is CC(Sc1ccc(Br)cc1)C(=O)NC(C(=O)O)C1CC1. The summed E-state index contributed by atoms with van der Waals surface area (Å²) in [6, 6.07) is 6.94. The number of hydrogen-bond donors (Lipinski definition) is 2. The number of amides is 1. The molecule has 108 valence electrons. The average Bonchev–Trinajstić information content (AvgIpc) is 3.22. The van der Waals surface area contributed by atoms with E-state index < -0.39 is 12.0 Å². The summed E-state index contributed by atoms with van der Waals surface area (Å²) in [6.07, 6.45) is 1.76. The lowest BCUT2D eigenvalue weighted by Crippen LogP contribution is -2.45. The van der Waals surface area contributed by atoms with Gasteiger partial charge in [-0.1, -0.05) is 15.9 Å². The summed E-state index contributed by atoms with van der Waals surface area (Å²) in [5, 5.41) is 11.4. The third kappa shape index (κ3) is 4.24. The molecule has 0 bridgehead atoms. The highest BCUT2D eigenvalue weighted by Crippen LogP contribution is 2.33. The minimum Gasteiger partial charge on any atom is -0.480 e. The highest BCUT2D eigenvalue weighted by molar-refractivity contribution is 9.10. The number of halogens is 1. The predicted octanol–water partition coefficient (Wildman–Crippen LogP) is 2.91. The Bertz CT molecular complexity index is 502. The standard InChI is InChI=1S/C14H16BrNO3S/c1-8(20-11-6-4-10(15)5-7-11)13(17)16-12(14(18)19)9-2-3-9/h4-9,12H,2-3H2,1H3,(H,16,17)(H,18,19). The van der Waals surface area contributed by atoms with Crippen LogP contribution in [-0.2, 0) is 9.59 Å². The van der Waals surface area contributed by atoms with Crippen molar-refractivity contribution in [2.75, 3.05) is 0 Å². The molecule has 1 saturated carbocycles. The maximum atomic E-state index is 12.1. The number of aliphatic carboxylic acids is 1. The molecule has 1 aromatic carbocycles. The number of carbonyl (C=O) groups excluding carboxylic acids is 1. The molecule has 1 aliphatic carbocycles. The van der Waals surface area contributed by atoms with Gasteiger partial charge in [0.25, 0.3) is 0 Å². The molecule has 2 unspecified atom stereocenters. The predicted molar refractivity (Wildman–Crippen MR) is 81.8 cm³/mol. The summed E-state index contributed by atoms with van der Waals surface area (Å²) < 4.78 is 0.985. The van der Waals surface area contributed by atoms with Crippen LogP contribution >= 0.6 is 27.7 Å². The maximum Gasteiger partial charge on any atom is 0.326 e. The Morgan fingerprint density at radius 1 is 1.35 bits per heavy atom. The molecule has 0 aliphatic heterocycles. The molecule has 2 rings (SSSR count). The fourth-order valence-electron chi connectivity index (χ4n) is 1.85. The molecule has 1 aromatic rings. The number of carboxylic acids is 1. The molecule has 1 aliphatic rings. The van der Waals surface area contributed by atoms with Crippen molar-refractivity contribution in [1.82, 2.24) is 5.32 Å². The average molecular weight is 358 g/mol. The molecule has 2 N–H and O–H groups in total. The van der Waals surface area contributed by atoms with E-state index in [0.29, 0.717) is 0 Å². The first-order chi connectivity index (χ1) is 9.47. The molecule has 4 nitrogen and oxygen atoms in total. The van der Waals surface area contributed by atoms with Crippen molar-refractivity contribution >= 4 is 39.6 Å². The number of carboxylic acid groups (broad SMARTS) is 1. The van der Waals surface area contributed by atoms with Crippen LogP contribution in [0.2, 0.25) is 0 Å². The lowest BCUT2D eigenvalue weighted by Gasteiger charge is -2.17. The van der Waals surface area contributed by atoms with Gasteiger partial charge in [-0.2, -0.15) is 0 Å². The lowest BCUT2D eigenvalue weighted by atomic mass is 10.2. The van der Waals surface area contributed by atoms with Crippen LogP contribution in [-0.4, -0.2) is 28.3 Å². The van der Waals surface area contributed by atoms with Crippen LogP contribution in [0.5, 0.6) is 0 Å². The lowest BCUT2D eigenvalue weighted by molar-refractivity contribution is -0.142. The van der Waals surface area contributed by atoms with Crippen LogP contribution < -0.4 is 5.32 Å². The van der Waals surface area contributed by atoms with Gasteiger partial charge >= 0.3 is 5.97 Å². The van der Waals surface area contributed by atoms with E-state index in [4.69, 9.17) is 5.11 Å². The van der Waals surface area contributed by atoms with Gasteiger partial charge in [0.15, 0.2) is 0 Å².